The van der Waals surface area contributed by atoms with Crippen molar-refractivity contribution in [3.8, 4) is 0 Å². The molecule has 4 nitrogen and oxygen atoms in total. The number of nitrogens with zero attached hydrogens (tertiary/aromatic N) is 1. The molecule has 1 aromatic rings. The van der Waals surface area contributed by atoms with Crippen molar-refractivity contribution in [2.45, 2.75) is 32.6 Å². The monoisotopic (exact) mass is 242 g/mol. The quantitative estimate of drug-likeness (QED) is 0.856. The van der Waals surface area contributed by atoms with Gasteiger partial charge in [-0.15, -0.1) is 11.3 Å². The summed E-state index contributed by atoms with van der Waals surface area (Å²) in [5.41, 5.74) is 1.09. The maximum atomic E-state index is 5.39. The standard InChI is InChI=1S/C11H18N2O2S/c1-3-9(11-13-8(2)7-16-11)12-6-10-14-4-5-15-10/h7,9-10,12H,3-6H2,1-2H3. The molecule has 0 radical (unpaired) electrons. The van der Waals surface area contributed by atoms with Gasteiger partial charge in [0, 0.05) is 17.6 Å². The maximum Gasteiger partial charge on any atom is 0.170 e. The van der Waals surface area contributed by atoms with Crippen LogP contribution in [0.5, 0.6) is 0 Å². The smallest absolute Gasteiger partial charge is 0.170 e. The fourth-order valence-electron chi connectivity index (χ4n) is 1.70. The molecule has 0 saturated carbocycles. The normalized spacial score (nSPS) is 19.1. The summed E-state index contributed by atoms with van der Waals surface area (Å²) in [4.78, 5) is 4.50. The van der Waals surface area contributed by atoms with E-state index < -0.39 is 0 Å². The Labute approximate surface area is 100.0 Å². The van der Waals surface area contributed by atoms with Gasteiger partial charge in [-0.1, -0.05) is 6.92 Å². The number of ether oxygens (including phenoxy) is 2. The van der Waals surface area contributed by atoms with Gasteiger partial charge in [-0.3, -0.25) is 0 Å². The number of nitrogens with one attached hydrogen (secondary N) is 1. The minimum atomic E-state index is -0.0879. The molecule has 2 heterocycles. The second-order valence-electron chi connectivity index (χ2n) is 3.87. The molecule has 1 unspecified atom stereocenters. The molecule has 0 spiro atoms. The number of thiazole rings is 1. The fourth-order valence-corrected chi connectivity index (χ4v) is 2.66. The van der Waals surface area contributed by atoms with Crippen LogP contribution in [0.4, 0.5) is 0 Å². The number of aryl methyl sites for hydroxylation is 1. The van der Waals surface area contributed by atoms with E-state index in [1.807, 2.05) is 6.92 Å². The van der Waals surface area contributed by atoms with Gasteiger partial charge in [0.1, 0.15) is 5.01 Å². The van der Waals surface area contributed by atoms with Crippen molar-refractivity contribution in [1.29, 1.82) is 0 Å². The minimum absolute atomic E-state index is 0.0879. The van der Waals surface area contributed by atoms with Crippen LogP contribution in [0.3, 0.4) is 0 Å². The van der Waals surface area contributed by atoms with Crippen molar-refractivity contribution in [3.05, 3.63) is 16.1 Å². The lowest BCUT2D eigenvalue weighted by atomic mass is 10.2. The van der Waals surface area contributed by atoms with Gasteiger partial charge >= 0.3 is 0 Å². The van der Waals surface area contributed by atoms with Gasteiger partial charge in [-0.05, 0) is 13.3 Å². The van der Waals surface area contributed by atoms with E-state index in [9.17, 15) is 0 Å². The Kier molecular flexibility index (Phi) is 4.29. The van der Waals surface area contributed by atoms with Crippen molar-refractivity contribution >= 4 is 11.3 Å². The summed E-state index contributed by atoms with van der Waals surface area (Å²) in [5, 5.41) is 6.68. The Hall–Kier alpha value is -0.490. The van der Waals surface area contributed by atoms with Crippen LogP contribution in [0.2, 0.25) is 0 Å². The van der Waals surface area contributed by atoms with E-state index in [1.54, 1.807) is 11.3 Å². The first-order valence-electron chi connectivity index (χ1n) is 5.68. The zero-order chi connectivity index (χ0) is 11.4. The van der Waals surface area contributed by atoms with Crippen LogP contribution in [0, 0.1) is 6.92 Å². The molecule has 1 N–H and O–H groups in total. The Morgan fingerprint density at radius 2 is 2.31 bits per heavy atom. The first kappa shape index (κ1) is 12.0. The van der Waals surface area contributed by atoms with E-state index in [0.717, 1.165) is 23.7 Å². The number of hydrogen-bond acceptors (Lipinski definition) is 5. The number of hydrogen-bond donors (Lipinski definition) is 1. The largest absolute Gasteiger partial charge is 0.349 e. The Morgan fingerprint density at radius 3 is 2.88 bits per heavy atom. The SMILES string of the molecule is CCC(NCC1OCCO1)c1nc(C)cs1. The van der Waals surface area contributed by atoms with E-state index in [2.05, 4.69) is 22.6 Å². The first-order chi connectivity index (χ1) is 7.79. The third-order valence-corrected chi connectivity index (χ3v) is 3.64. The van der Waals surface area contributed by atoms with E-state index >= 15 is 0 Å². The summed E-state index contributed by atoms with van der Waals surface area (Å²) in [6.45, 7) is 6.33. The molecule has 0 aromatic carbocycles. The van der Waals surface area contributed by atoms with Crippen molar-refractivity contribution in [3.63, 3.8) is 0 Å². The Morgan fingerprint density at radius 1 is 1.56 bits per heavy atom. The second kappa shape index (κ2) is 5.72. The van der Waals surface area contributed by atoms with Crippen LogP contribution in [0.25, 0.3) is 0 Å². The maximum absolute atomic E-state index is 5.39. The molecule has 1 aliphatic rings. The average molecular weight is 242 g/mol. The van der Waals surface area contributed by atoms with E-state index in [1.165, 1.54) is 0 Å². The molecule has 1 saturated heterocycles. The van der Waals surface area contributed by atoms with Crippen LogP contribution < -0.4 is 5.32 Å². The molecule has 1 fully saturated rings. The lowest BCUT2D eigenvalue weighted by Crippen LogP contribution is -2.30. The fraction of sp³-hybridized carbons (Fsp3) is 0.727. The van der Waals surface area contributed by atoms with Crippen molar-refractivity contribution in [2.75, 3.05) is 19.8 Å². The summed E-state index contributed by atoms with van der Waals surface area (Å²) >= 11 is 1.71. The zero-order valence-electron chi connectivity index (χ0n) is 9.73. The zero-order valence-corrected chi connectivity index (χ0v) is 10.5. The van der Waals surface area contributed by atoms with Crippen molar-refractivity contribution < 1.29 is 9.47 Å². The molecular formula is C11H18N2O2S. The molecule has 0 aliphatic carbocycles. The van der Waals surface area contributed by atoms with E-state index in [0.29, 0.717) is 19.3 Å². The van der Waals surface area contributed by atoms with E-state index in [-0.39, 0.29) is 6.29 Å². The number of rotatable bonds is 5. The molecular weight excluding hydrogens is 224 g/mol. The highest BCUT2D eigenvalue weighted by atomic mass is 32.1. The van der Waals surface area contributed by atoms with E-state index in [4.69, 9.17) is 9.47 Å². The molecule has 0 bridgehead atoms. The predicted octanol–water partition coefficient (Wildman–Crippen LogP) is 1.87. The lowest BCUT2D eigenvalue weighted by Gasteiger charge is -2.16. The average Bonchev–Trinajstić information content (AvgIpc) is 2.91. The van der Waals surface area contributed by atoms with Crippen LogP contribution in [-0.4, -0.2) is 31.0 Å². The minimum Gasteiger partial charge on any atom is -0.349 e. The van der Waals surface area contributed by atoms with Gasteiger partial charge in [0.05, 0.1) is 19.3 Å². The Bertz CT molecular complexity index is 324. The molecule has 2 rings (SSSR count). The van der Waals surface area contributed by atoms with Gasteiger partial charge in [-0.25, -0.2) is 4.98 Å². The second-order valence-corrected chi connectivity index (χ2v) is 4.76. The summed E-state index contributed by atoms with van der Waals surface area (Å²) in [5.74, 6) is 0. The topological polar surface area (TPSA) is 43.4 Å². The highest BCUT2D eigenvalue weighted by Gasteiger charge is 2.19. The molecule has 5 heteroatoms. The van der Waals surface area contributed by atoms with Crippen LogP contribution in [0.15, 0.2) is 5.38 Å². The van der Waals surface area contributed by atoms with Crippen LogP contribution >= 0.6 is 11.3 Å². The van der Waals surface area contributed by atoms with Gasteiger partial charge < -0.3 is 14.8 Å². The molecule has 16 heavy (non-hydrogen) atoms. The molecule has 1 atom stereocenters. The molecule has 90 valence electrons. The first-order valence-corrected chi connectivity index (χ1v) is 6.56. The van der Waals surface area contributed by atoms with Crippen LogP contribution in [0.1, 0.15) is 30.1 Å². The lowest BCUT2D eigenvalue weighted by molar-refractivity contribution is -0.0407. The predicted molar refractivity (Wildman–Crippen MR) is 63.6 cm³/mol. The van der Waals surface area contributed by atoms with Gasteiger partial charge in [-0.2, -0.15) is 0 Å². The van der Waals surface area contributed by atoms with Gasteiger partial charge in [0.2, 0.25) is 0 Å². The highest BCUT2D eigenvalue weighted by molar-refractivity contribution is 7.09. The highest BCUT2D eigenvalue weighted by Crippen LogP contribution is 2.20. The summed E-state index contributed by atoms with van der Waals surface area (Å²) < 4.78 is 10.8. The van der Waals surface area contributed by atoms with Gasteiger partial charge in [0.25, 0.3) is 0 Å². The van der Waals surface area contributed by atoms with Crippen molar-refractivity contribution in [1.82, 2.24) is 10.3 Å². The summed E-state index contributed by atoms with van der Waals surface area (Å²) in [7, 11) is 0. The summed E-state index contributed by atoms with van der Waals surface area (Å²) in [6.07, 6.45) is 0.940. The molecule has 1 aliphatic heterocycles. The summed E-state index contributed by atoms with van der Waals surface area (Å²) in [6, 6.07) is 0.312. The third kappa shape index (κ3) is 3.01. The third-order valence-electron chi connectivity index (χ3n) is 2.56. The van der Waals surface area contributed by atoms with Crippen molar-refractivity contribution in [2.24, 2.45) is 0 Å². The Balaban J connectivity index is 1.85. The van der Waals surface area contributed by atoms with Gasteiger partial charge in [0.15, 0.2) is 6.29 Å². The molecule has 0 amide bonds. The number of aromatic nitrogens is 1. The van der Waals surface area contributed by atoms with Crippen LogP contribution in [-0.2, 0) is 9.47 Å². The molecule has 1 aromatic heterocycles.